The summed E-state index contributed by atoms with van der Waals surface area (Å²) in [6, 6.07) is 11.7. The lowest BCUT2D eigenvalue weighted by Crippen LogP contribution is -2.16. The van der Waals surface area contributed by atoms with E-state index in [0.717, 1.165) is 21.8 Å². The Morgan fingerprint density at radius 2 is 1.93 bits per heavy atom. The number of rotatable bonds is 4. The number of amides is 1. The first-order valence-corrected chi connectivity index (χ1v) is 9.83. The highest BCUT2D eigenvalue weighted by Gasteiger charge is 2.21. The Kier molecular flexibility index (Phi) is 4.94. The molecule has 8 heteroatoms. The summed E-state index contributed by atoms with van der Waals surface area (Å²) in [4.78, 5) is 22.6. The molecular weight excluding hydrogens is 389 g/mol. The van der Waals surface area contributed by atoms with E-state index in [2.05, 4.69) is 20.4 Å². The van der Waals surface area contributed by atoms with E-state index in [4.69, 9.17) is 0 Å². The number of halogens is 1. The minimum absolute atomic E-state index is 0.00274. The number of nitrogens with zero attached hydrogens (tertiary/aromatic N) is 4. The fourth-order valence-electron chi connectivity index (χ4n) is 3.14. The van der Waals surface area contributed by atoms with Gasteiger partial charge in [-0.2, -0.15) is 0 Å². The lowest BCUT2D eigenvalue weighted by molar-refractivity contribution is 0.101. The molecule has 4 rings (SSSR count). The van der Waals surface area contributed by atoms with Gasteiger partial charge in [0.25, 0.3) is 5.91 Å². The molecule has 6 nitrogen and oxygen atoms in total. The Hall–Kier alpha value is -3.39. The van der Waals surface area contributed by atoms with Crippen LogP contribution in [0.4, 0.5) is 10.1 Å². The molecule has 0 radical (unpaired) electrons. The molecule has 1 amide bonds. The second kappa shape index (κ2) is 7.56. The highest BCUT2D eigenvalue weighted by atomic mass is 32.1. The molecule has 3 heterocycles. The van der Waals surface area contributed by atoms with Gasteiger partial charge in [-0.3, -0.25) is 9.78 Å². The van der Waals surface area contributed by atoms with Gasteiger partial charge >= 0.3 is 0 Å². The van der Waals surface area contributed by atoms with E-state index < -0.39 is 11.7 Å². The van der Waals surface area contributed by atoms with Gasteiger partial charge in [-0.1, -0.05) is 12.1 Å². The molecule has 1 aromatic carbocycles. The van der Waals surface area contributed by atoms with Gasteiger partial charge < -0.3 is 5.32 Å². The third-order valence-electron chi connectivity index (χ3n) is 4.37. The van der Waals surface area contributed by atoms with Gasteiger partial charge in [0.1, 0.15) is 5.82 Å². The van der Waals surface area contributed by atoms with Crippen molar-refractivity contribution in [3.05, 3.63) is 76.4 Å². The van der Waals surface area contributed by atoms with Crippen LogP contribution in [0, 0.1) is 26.6 Å². The fourth-order valence-corrected chi connectivity index (χ4v) is 3.84. The van der Waals surface area contributed by atoms with Crippen LogP contribution in [0.25, 0.3) is 16.4 Å². The molecule has 0 bridgehead atoms. The van der Waals surface area contributed by atoms with Crippen LogP contribution >= 0.6 is 11.3 Å². The van der Waals surface area contributed by atoms with E-state index in [1.54, 1.807) is 12.1 Å². The highest BCUT2D eigenvalue weighted by Crippen LogP contribution is 2.26. The fraction of sp³-hybridized carbons (Fsp3) is 0.143. The number of anilines is 1. The molecule has 0 unspecified atom stereocenters. The van der Waals surface area contributed by atoms with Crippen molar-refractivity contribution in [1.82, 2.24) is 19.7 Å². The van der Waals surface area contributed by atoms with Crippen LogP contribution in [0.2, 0.25) is 0 Å². The summed E-state index contributed by atoms with van der Waals surface area (Å²) in [7, 11) is 0. The number of aromatic nitrogens is 4. The Bertz CT molecular complexity index is 1180. The van der Waals surface area contributed by atoms with E-state index in [1.807, 2.05) is 44.4 Å². The van der Waals surface area contributed by atoms with Crippen molar-refractivity contribution in [2.45, 2.75) is 20.8 Å². The smallest absolute Gasteiger partial charge is 0.295 e. The molecular formula is C21H18FN5OS. The number of nitrogens with one attached hydrogen (secondary N) is 1. The number of carbonyl (C=O) groups is 1. The number of carbonyl (C=O) groups excluding carboxylic acids is 1. The summed E-state index contributed by atoms with van der Waals surface area (Å²) in [5.41, 5.74) is 3.64. The topological polar surface area (TPSA) is 72.7 Å². The summed E-state index contributed by atoms with van der Waals surface area (Å²) < 4.78 is 15.2. The van der Waals surface area contributed by atoms with Crippen molar-refractivity contribution in [2.24, 2.45) is 0 Å². The highest BCUT2D eigenvalue weighted by molar-refractivity contribution is 7.13. The molecule has 0 spiro atoms. The first kappa shape index (κ1) is 18.9. The van der Waals surface area contributed by atoms with Gasteiger partial charge in [0.15, 0.2) is 5.82 Å². The number of hydrogen-bond acceptors (Lipinski definition) is 5. The average molecular weight is 407 g/mol. The monoisotopic (exact) mass is 407 g/mol. The summed E-state index contributed by atoms with van der Waals surface area (Å²) in [6.45, 7) is 5.65. The van der Waals surface area contributed by atoms with Crippen molar-refractivity contribution < 1.29 is 9.18 Å². The van der Waals surface area contributed by atoms with Gasteiger partial charge in [0.2, 0.25) is 5.82 Å². The van der Waals surface area contributed by atoms with Crippen LogP contribution in [0.3, 0.4) is 0 Å². The largest absolute Gasteiger partial charge is 0.317 e. The quantitative estimate of drug-likeness (QED) is 0.532. The van der Waals surface area contributed by atoms with Crippen LogP contribution in [0.15, 0.2) is 47.8 Å². The molecule has 1 N–H and O–H groups in total. The molecule has 0 saturated carbocycles. The zero-order chi connectivity index (χ0) is 20.5. The van der Waals surface area contributed by atoms with E-state index in [0.29, 0.717) is 17.2 Å². The maximum absolute atomic E-state index is 13.8. The third kappa shape index (κ3) is 3.79. The second-order valence-electron chi connectivity index (χ2n) is 6.62. The first-order chi connectivity index (χ1) is 13.9. The van der Waals surface area contributed by atoms with Gasteiger partial charge in [0.05, 0.1) is 21.9 Å². The Morgan fingerprint density at radius 3 is 2.62 bits per heavy atom. The maximum Gasteiger partial charge on any atom is 0.295 e. The normalized spacial score (nSPS) is 10.9. The van der Waals surface area contributed by atoms with Gasteiger partial charge in [-0.05, 0) is 62.0 Å². The lowest BCUT2D eigenvalue weighted by Gasteiger charge is -2.10. The van der Waals surface area contributed by atoms with Crippen LogP contribution in [-0.2, 0) is 0 Å². The van der Waals surface area contributed by atoms with Crippen molar-refractivity contribution in [1.29, 1.82) is 0 Å². The Morgan fingerprint density at radius 1 is 1.10 bits per heavy atom. The van der Waals surface area contributed by atoms with Gasteiger partial charge in [0, 0.05) is 5.69 Å². The molecule has 0 fully saturated rings. The minimum Gasteiger partial charge on any atom is -0.317 e. The number of pyridine rings is 1. The molecule has 146 valence electrons. The number of aryl methyl sites for hydroxylation is 3. The van der Waals surface area contributed by atoms with Crippen molar-refractivity contribution in [2.75, 3.05) is 5.32 Å². The van der Waals surface area contributed by atoms with Crippen LogP contribution in [0.5, 0.6) is 0 Å². The third-order valence-corrected chi connectivity index (χ3v) is 5.23. The van der Waals surface area contributed by atoms with Crippen LogP contribution in [0.1, 0.15) is 27.6 Å². The van der Waals surface area contributed by atoms with E-state index in [1.165, 1.54) is 28.2 Å². The second-order valence-corrected chi connectivity index (χ2v) is 7.57. The number of benzene rings is 1. The van der Waals surface area contributed by atoms with Crippen molar-refractivity contribution in [3.8, 4) is 16.4 Å². The maximum atomic E-state index is 13.8. The van der Waals surface area contributed by atoms with Crippen molar-refractivity contribution in [3.63, 3.8) is 0 Å². The molecule has 0 aliphatic carbocycles. The molecule has 0 aliphatic rings. The zero-order valence-electron chi connectivity index (χ0n) is 16.1. The predicted molar refractivity (Wildman–Crippen MR) is 111 cm³/mol. The SMILES string of the molecule is Cc1cc(C)c(NC(=O)c2nc(-c3cccs3)n(-c3cccc(F)c3)n2)c(C)n1. The van der Waals surface area contributed by atoms with Crippen LogP contribution < -0.4 is 5.32 Å². The summed E-state index contributed by atoms with van der Waals surface area (Å²) in [5.74, 6) is -0.365. The lowest BCUT2D eigenvalue weighted by atomic mass is 10.1. The summed E-state index contributed by atoms with van der Waals surface area (Å²) in [6.07, 6.45) is 0. The van der Waals surface area contributed by atoms with E-state index >= 15 is 0 Å². The van der Waals surface area contributed by atoms with Crippen LogP contribution in [-0.4, -0.2) is 25.7 Å². The Balaban J connectivity index is 1.75. The Labute approximate surface area is 171 Å². The van der Waals surface area contributed by atoms with E-state index in [9.17, 15) is 9.18 Å². The average Bonchev–Trinajstić information content (AvgIpc) is 3.33. The van der Waals surface area contributed by atoms with Gasteiger partial charge in [-0.15, -0.1) is 16.4 Å². The zero-order valence-corrected chi connectivity index (χ0v) is 16.9. The molecule has 4 aromatic rings. The first-order valence-electron chi connectivity index (χ1n) is 8.95. The van der Waals surface area contributed by atoms with Gasteiger partial charge in [-0.25, -0.2) is 14.1 Å². The molecule has 0 aliphatic heterocycles. The summed E-state index contributed by atoms with van der Waals surface area (Å²) in [5, 5.41) is 9.13. The molecule has 3 aromatic heterocycles. The van der Waals surface area contributed by atoms with Crippen molar-refractivity contribution >= 4 is 22.9 Å². The number of hydrogen-bond donors (Lipinski definition) is 1. The summed E-state index contributed by atoms with van der Waals surface area (Å²) >= 11 is 1.47. The molecule has 29 heavy (non-hydrogen) atoms. The van der Waals surface area contributed by atoms with E-state index in [-0.39, 0.29) is 5.82 Å². The molecule has 0 saturated heterocycles. The minimum atomic E-state index is -0.449. The predicted octanol–water partition coefficient (Wildman–Crippen LogP) is 4.71. The number of thiophene rings is 1. The standard InChI is InChI=1S/C21H18FN5OS/c1-12-10-13(2)23-14(3)18(12)24-21(28)19-25-20(17-8-5-9-29-17)27(26-19)16-7-4-6-15(22)11-16/h4-11H,1-3H3,(H,24,28). The molecule has 0 atom stereocenters.